The van der Waals surface area contributed by atoms with Crippen LogP contribution < -0.4 is 10.9 Å². The topological polar surface area (TPSA) is 101 Å². The highest BCUT2D eigenvalue weighted by molar-refractivity contribution is 7.99. The normalized spacial score (nSPS) is 13.4. The molecule has 32 heavy (non-hydrogen) atoms. The van der Waals surface area contributed by atoms with Crippen LogP contribution in [-0.2, 0) is 22.4 Å². The Morgan fingerprint density at radius 1 is 1.28 bits per heavy atom. The third-order valence-electron chi connectivity index (χ3n) is 5.21. The Morgan fingerprint density at radius 2 is 2.06 bits per heavy atom. The molecule has 1 aliphatic rings. The second-order valence-electron chi connectivity index (χ2n) is 7.87. The van der Waals surface area contributed by atoms with Gasteiger partial charge >= 0.3 is 5.97 Å². The molecule has 0 spiro atoms. The minimum Gasteiger partial charge on any atom is -0.462 e. The van der Waals surface area contributed by atoms with E-state index in [1.54, 1.807) is 24.3 Å². The van der Waals surface area contributed by atoms with Crippen molar-refractivity contribution in [2.45, 2.75) is 57.5 Å². The molecule has 0 fully saturated rings. The van der Waals surface area contributed by atoms with Gasteiger partial charge in [-0.05, 0) is 50.2 Å². The lowest BCUT2D eigenvalue weighted by molar-refractivity contribution is -0.113. The van der Waals surface area contributed by atoms with Crippen molar-refractivity contribution in [3.8, 4) is 0 Å². The summed E-state index contributed by atoms with van der Waals surface area (Å²) in [6.07, 6.45) is 4.18. The first-order chi connectivity index (χ1) is 15.4. The Labute approximate surface area is 198 Å². The number of nitrogens with zero attached hydrogens (tertiary/aromatic N) is 1. The van der Waals surface area contributed by atoms with Gasteiger partial charge in [0.05, 0.1) is 23.3 Å². The van der Waals surface area contributed by atoms with E-state index in [0.29, 0.717) is 21.1 Å². The van der Waals surface area contributed by atoms with E-state index in [9.17, 15) is 14.4 Å². The molecule has 3 heterocycles. The highest BCUT2D eigenvalue weighted by Gasteiger charge is 2.22. The minimum atomic E-state index is -0.447. The van der Waals surface area contributed by atoms with E-state index in [4.69, 9.17) is 4.74 Å². The van der Waals surface area contributed by atoms with Crippen LogP contribution >= 0.6 is 34.4 Å². The first-order valence-corrected chi connectivity index (χ1v) is 13.3. The summed E-state index contributed by atoms with van der Waals surface area (Å²) >= 11 is 4.14. The van der Waals surface area contributed by atoms with Crippen LogP contribution in [0.5, 0.6) is 0 Å². The van der Waals surface area contributed by atoms with Crippen LogP contribution in [-0.4, -0.2) is 34.2 Å². The Bertz CT molecular complexity index is 1230. The molecule has 0 atom stereocenters. The lowest BCUT2D eigenvalue weighted by atomic mass is 9.97. The van der Waals surface area contributed by atoms with E-state index in [0.717, 1.165) is 41.0 Å². The number of anilines is 1. The molecule has 0 saturated carbocycles. The van der Waals surface area contributed by atoms with E-state index in [2.05, 4.69) is 15.3 Å². The summed E-state index contributed by atoms with van der Waals surface area (Å²) in [7, 11) is 0. The summed E-state index contributed by atoms with van der Waals surface area (Å²) in [6, 6.07) is 1.78. The third-order valence-corrected chi connectivity index (χ3v) is 8.62. The second kappa shape index (κ2) is 9.76. The molecule has 0 aromatic carbocycles. The van der Waals surface area contributed by atoms with Crippen molar-refractivity contribution in [1.82, 2.24) is 9.97 Å². The number of aromatic nitrogens is 2. The first kappa shape index (κ1) is 23.0. The van der Waals surface area contributed by atoms with Crippen LogP contribution in [0.1, 0.15) is 65.2 Å². The maximum atomic E-state index is 12.7. The number of thioether (sulfide) groups is 1. The Balaban J connectivity index is 1.48. The number of carbonyl (C=O) groups is 2. The van der Waals surface area contributed by atoms with Crippen molar-refractivity contribution in [1.29, 1.82) is 0 Å². The number of ether oxygens (including phenoxy) is 1. The van der Waals surface area contributed by atoms with E-state index >= 15 is 0 Å². The molecule has 0 aliphatic heterocycles. The van der Waals surface area contributed by atoms with Gasteiger partial charge in [0.1, 0.15) is 9.83 Å². The number of esters is 1. The molecular weight excluding hydrogens is 466 g/mol. The monoisotopic (exact) mass is 491 g/mol. The first-order valence-electron chi connectivity index (χ1n) is 10.7. The maximum absolute atomic E-state index is 12.7. The molecule has 3 aromatic rings. The lowest BCUT2D eigenvalue weighted by Crippen LogP contribution is -2.17. The molecule has 0 radical (unpaired) electrons. The Morgan fingerprint density at radius 3 is 2.81 bits per heavy atom. The highest BCUT2D eigenvalue weighted by Crippen LogP contribution is 2.35. The predicted octanol–water partition coefficient (Wildman–Crippen LogP) is 4.96. The van der Waals surface area contributed by atoms with Gasteiger partial charge in [-0.3, -0.25) is 9.59 Å². The van der Waals surface area contributed by atoms with Gasteiger partial charge in [0.25, 0.3) is 5.56 Å². The number of carbonyl (C=O) groups excluding carboxylic acids is 2. The number of aryl methyl sites for hydroxylation is 2. The lowest BCUT2D eigenvalue weighted by Gasteiger charge is -2.09. The predicted molar refractivity (Wildman–Crippen MR) is 131 cm³/mol. The Kier molecular flexibility index (Phi) is 7.02. The average Bonchev–Trinajstić information content (AvgIpc) is 3.34. The molecule has 0 saturated heterocycles. The molecule has 7 nitrogen and oxygen atoms in total. The number of thiophene rings is 2. The number of nitrogens with one attached hydrogen (secondary N) is 2. The zero-order valence-electron chi connectivity index (χ0n) is 18.2. The van der Waals surface area contributed by atoms with Crippen molar-refractivity contribution in [3.63, 3.8) is 0 Å². The van der Waals surface area contributed by atoms with Crippen LogP contribution in [0, 0.1) is 0 Å². The largest absolute Gasteiger partial charge is 0.462 e. The smallest absolute Gasteiger partial charge is 0.341 e. The van der Waals surface area contributed by atoms with Gasteiger partial charge in [-0.1, -0.05) is 25.6 Å². The van der Waals surface area contributed by atoms with Crippen LogP contribution in [0.15, 0.2) is 16.0 Å². The highest BCUT2D eigenvalue weighted by atomic mass is 32.2. The molecule has 170 valence electrons. The van der Waals surface area contributed by atoms with Crippen LogP contribution in [0.25, 0.3) is 10.2 Å². The van der Waals surface area contributed by atoms with Crippen molar-refractivity contribution in [2.24, 2.45) is 0 Å². The minimum absolute atomic E-state index is 0.0662. The summed E-state index contributed by atoms with van der Waals surface area (Å²) in [5.74, 6) is -0.426. The number of amides is 1. The number of hydrogen-bond donors (Lipinski definition) is 2. The van der Waals surface area contributed by atoms with Crippen molar-refractivity contribution < 1.29 is 14.3 Å². The molecular formula is C22H25N3O4S3. The number of H-pyrrole nitrogens is 1. The van der Waals surface area contributed by atoms with Gasteiger partial charge in [-0.2, -0.15) is 0 Å². The standard InChI is InChI=1S/C22H25N3O4S3/c1-4-29-21(28)13-9-15(11(2)3)32-19(13)23-16(26)10-30-22-24-18(27)17-12-7-5-6-8-14(12)31-20(17)25-22/h9,11H,4-8,10H2,1-3H3,(H,23,26)(H,24,25,27). The molecule has 3 aromatic heterocycles. The van der Waals surface area contributed by atoms with Crippen LogP contribution in [0.4, 0.5) is 5.00 Å². The molecule has 10 heteroatoms. The summed E-state index contributed by atoms with van der Waals surface area (Å²) in [4.78, 5) is 48.0. The number of hydrogen-bond acceptors (Lipinski definition) is 8. The average molecular weight is 492 g/mol. The summed E-state index contributed by atoms with van der Waals surface area (Å²) in [5.41, 5.74) is 1.38. The van der Waals surface area contributed by atoms with Crippen LogP contribution in [0.3, 0.4) is 0 Å². The molecule has 1 amide bonds. The van der Waals surface area contributed by atoms with Gasteiger partial charge in [0, 0.05) is 9.75 Å². The fraction of sp³-hybridized carbons (Fsp3) is 0.455. The fourth-order valence-corrected chi connectivity index (χ4v) is 6.70. The fourth-order valence-electron chi connectivity index (χ4n) is 3.66. The SMILES string of the molecule is CCOC(=O)c1cc(C(C)C)sc1NC(=O)CSc1nc2sc3c(c2c(=O)[nH]1)CCCC3. The molecule has 2 N–H and O–H groups in total. The van der Waals surface area contributed by atoms with E-state index in [-0.39, 0.29) is 29.7 Å². The van der Waals surface area contributed by atoms with Gasteiger partial charge in [0.15, 0.2) is 5.16 Å². The second-order valence-corrected chi connectivity index (χ2v) is 11.0. The summed E-state index contributed by atoms with van der Waals surface area (Å²) in [5, 5.41) is 4.45. The molecule has 0 bridgehead atoms. The summed E-state index contributed by atoms with van der Waals surface area (Å²) < 4.78 is 5.12. The van der Waals surface area contributed by atoms with E-state index < -0.39 is 5.97 Å². The van der Waals surface area contributed by atoms with Gasteiger partial charge < -0.3 is 15.0 Å². The van der Waals surface area contributed by atoms with E-state index in [1.807, 2.05) is 13.8 Å². The van der Waals surface area contributed by atoms with Crippen molar-refractivity contribution >= 4 is 61.5 Å². The van der Waals surface area contributed by atoms with Crippen molar-refractivity contribution in [3.05, 3.63) is 37.3 Å². The van der Waals surface area contributed by atoms with E-state index in [1.165, 1.54) is 28.0 Å². The maximum Gasteiger partial charge on any atom is 0.341 e. The van der Waals surface area contributed by atoms with Gasteiger partial charge in [-0.15, -0.1) is 22.7 Å². The van der Waals surface area contributed by atoms with Gasteiger partial charge in [-0.25, -0.2) is 9.78 Å². The summed E-state index contributed by atoms with van der Waals surface area (Å²) in [6.45, 7) is 6.07. The quantitative estimate of drug-likeness (QED) is 0.275. The molecule has 0 unspecified atom stereocenters. The number of rotatable bonds is 7. The van der Waals surface area contributed by atoms with Gasteiger partial charge in [0.2, 0.25) is 5.91 Å². The number of aromatic amines is 1. The zero-order valence-corrected chi connectivity index (χ0v) is 20.7. The van der Waals surface area contributed by atoms with Crippen molar-refractivity contribution in [2.75, 3.05) is 17.7 Å². The molecule has 1 aliphatic carbocycles. The molecule has 4 rings (SSSR count). The zero-order chi connectivity index (χ0) is 22.8. The Hall–Kier alpha value is -2.17. The number of fused-ring (bicyclic) bond motifs is 3. The third kappa shape index (κ3) is 4.77. The van der Waals surface area contributed by atoms with Crippen LogP contribution in [0.2, 0.25) is 0 Å².